The Hall–Kier alpha value is -2.29. The number of carbonyl (C=O) groups excluding carboxylic acids is 2. The van der Waals surface area contributed by atoms with E-state index in [0.29, 0.717) is 18.4 Å². The molecule has 0 fully saturated rings. The zero-order chi connectivity index (χ0) is 18.9. The average molecular weight is 360 g/mol. The molecule has 0 saturated carbocycles. The first-order chi connectivity index (χ1) is 11.8. The number of benzene rings is 1. The lowest BCUT2D eigenvalue weighted by Gasteiger charge is -2.20. The highest BCUT2D eigenvalue weighted by atomic mass is 19.3. The van der Waals surface area contributed by atoms with Gasteiger partial charge in [0, 0.05) is 6.54 Å². The Morgan fingerprint density at radius 1 is 1.20 bits per heavy atom. The molecule has 5 N–H and O–H groups in total. The van der Waals surface area contributed by atoms with Crippen LogP contribution in [0.1, 0.15) is 25.3 Å². The van der Waals surface area contributed by atoms with E-state index in [2.05, 4.69) is 16.0 Å². The van der Waals surface area contributed by atoms with Gasteiger partial charge in [0.15, 0.2) is 0 Å². The summed E-state index contributed by atoms with van der Waals surface area (Å²) < 4.78 is 39.0. The van der Waals surface area contributed by atoms with E-state index in [9.17, 15) is 22.8 Å². The molecule has 9 heteroatoms. The van der Waals surface area contributed by atoms with Crippen molar-refractivity contribution in [2.24, 2.45) is 5.73 Å². The van der Waals surface area contributed by atoms with Gasteiger partial charge in [-0.1, -0.05) is 25.5 Å². The van der Waals surface area contributed by atoms with Crippen molar-refractivity contribution in [2.45, 2.75) is 38.3 Å². The van der Waals surface area contributed by atoms with E-state index in [1.54, 1.807) is 6.92 Å². The largest absolute Gasteiger partial charge is 0.348 e. The molecule has 0 bridgehead atoms. The minimum atomic E-state index is -3.20. The van der Waals surface area contributed by atoms with Gasteiger partial charge in [0.1, 0.15) is 11.9 Å². The smallest absolute Gasteiger partial charge is 0.315 e. The van der Waals surface area contributed by atoms with Crippen molar-refractivity contribution in [3.8, 4) is 0 Å². The average Bonchev–Trinajstić information content (AvgIpc) is 2.59. The number of urea groups is 1. The van der Waals surface area contributed by atoms with E-state index < -0.39 is 37.0 Å². The van der Waals surface area contributed by atoms with Gasteiger partial charge in [0.25, 0.3) is 5.92 Å². The van der Waals surface area contributed by atoms with Crippen molar-refractivity contribution in [2.75, 3.05) is 13.1 Å². The van der Waals surface area contributed by atoms with Crippen LogP contribution in [0.3, 0.4) is 0 Å². The van der Waals surface area contributed by atoms with Crippen LogP contribution in [0.5, 0.6) is 0 Å². The number of nitrogens with one attached hydrogen (secondary N) is 3. The third-order valence-corrected chi connectivity index (χ3v) is 3.39. The highest BCUT2D eigenvalue weighted by Crippen LogP contribution is 2.09. The van der Waals surface area contributed by atoms with Crippen molar-refractivity contribution in [1.82, 2.24) is 16.0 Å². The van der Waals surface area contributed by atoms with E-state index in [1.165, 1.54) is 24.3 Å². The van der Waals surface area contributed by atoms with Crippen LogP contribution in [0.25, 0.3) is 0 Å². The summed E-state index contributed by atoms with van der Waals surface area (Å²) in [6.07, 6.45) is 0.869. The Balaban J connectivity index is 2.50. The predicted molar refractivity (Wildman–Crippen MR) is 87.5 cm³/mol. The summed E-state index contributed by atoms with van der Waals surface area (Å²) in [6.45, 7) is 0.170. The Morgan fingerprint density at radius 2 is 1.84 bits per heavy atom. The number of halogens is 3. The number of rotatable bonds is 9. The summed E-state index contributed by atoms with van der Waals surface area (Å²) in [6, 6.07) is 4.00. The van der Waals surface area contributed by atoms with Crippen LogP contribution in [-0.4, -0.2) is 37.0 Å². The fraction of sp³-hybridized carbons (Fsp3) is 0.500. The van der Waals surface area contributed by atoms with Crippen LogP contribution in [0, 0.1) is 5.82 Å². The highest BCUT2D eigenvalue weighted by molar-refractivity contribution is 5.87. The van der Waals surface area contributed by atoms with Crippen LogP contribution < -0.4 is 21.7 Å². The second-order valence-electron chi connectivity index (χ2n) is 5.57. The maximum atomic E-state index is 13.1. The molecule has 0 aliphatic heterocycles. The van der Waals surface area contributed by atoms with Gasteiger partial charge in [-0.15, -0.1) is 0 Å². The SMILES string of the molecule is CCCC(NC(=O)NCc1ccc(F)cc1)C(=O)NCC(F)(F)CN. The zero-order valence-corrected chi connectivity index (χ0v) is 14.0. The van der Waals surface area contributed by atoms with Crippen LogP contribution in [-0.2, 0) is 11.3 Å². The van der Waals surface area contributed by atoms with Gasteiger partial charge < -0.3 is 21.7 Å². The predicted octanol–water partition coefficient (Wildman–Crippen LogP) is 1.50. The molecule has 1 unspecified atom stereocenters. The van der Waals surface area contributed by atoms with Crippen LogP contribution in [0.4, 0.5) is 18.0 Å². The van der Waals surface area contributed by atoms with E-state index in [0.717, 1.165) is 0 Å². The fourth-order valence-electron chi connectivity index (χ4n) is 1.96. The summed E-state index contributed by atoms with van der Waals surface area (Å²) in [5, 5.41) is 7.06. The van der Waals surface area contributed by atoms with Gasteiger partial charge in [-0.05, 0) is 24.1 Å². The lowest BCUT2D eigenvalue weighted by Crippen LogP contribution is -2.52. The summed E-state index contributed by atoms with van der Waals surface area (Å²) in [7, 11) is 0. The molecule has 6 nitrogen and oxygen atoms in total. The van der Waals surface area contributed by atoms with Gasteiger partial charge in [0.05, 0.1) is 13.1 Å². The van der Waals surface area contributed by atoms with Gasteiger partial charge in [0.2, 0.25) is 5.91 Å². The maximum Gasteiger partial charge on any atom is 0.315 e. The van der Waals surface area contributed by atoms with Crippen LogP contribution in [0.15, 0.2) is 24.3 Å². The lowest BCUT2D eigenvalue weighted by molar-refractivity contribution is -0.124. The third kappa shape index (κ3) is 7.88. The van der Waals surface area contributed by atoms with Crippen molar-refractivity contribution < 1.29 is 22.8 Å². The maximum absolute atomic E-state index is 13.1. The molecule has 0 spiro atoms. The first-order valence-corrected chi connectivity index (χ1v) is 7.92. The Labute approximate surface area is 144 Å². The summed E-state index contributed by atoms with van der Waals surface area (Å²) >= 11 is 0. The molecule has 140 valence electrons. The van der Waals surface area contributed by atoms with Gasteiger partial charge >= 0.3 is 6.03 Å². The van der Waals surface area contributed by atoms with Gasteiger partial charge in [-0.3, -0.25) is 4.79 Å². The molecule has 1 rings (SSSR count). The van der Waals surface area contributed by atoms with Crippen molar-refractivity contribution in [1.29, 1.82) is 0 Å². The number of carbonyl (C=O) groups is 2. The zero-order valence-electron chi connectivity index (χ0n) is 14.0. The topological polar surface area (TPSA) is 96.2 Å². The molecule has 1 atom stereocenters. The highest BCUT2D eigenvalue weighted by Gasteiger charge is 2.29. The fourth-order valence-corrected chi connectivity index (χ4v) is 1.96. The van der Waals surface area contributed by atoms with Crippen LogP contribution in [0.2, 0.25) is 0 Å². The number of hydrogen-bond acceptors (Lipinski definition) is 3. The number of nitrogens with two attached hydrogens (primary N) is 1. The molecule has 0 saturated heterocycles. The van der Waals surface area contributed by atoms with E-state index in [-0.39, 0.29) is 12.4 Å². The standard InChI is InChI=1S/C16H23F3N4O2/c1-2-3-13(14(24)22-10-16(18,19)9-20)23-15(25)21-8-11-4-6-12(17)7-5-11/h4-7,13H,2-3,8-10,20H2,1H3,(H,22,24)(H2,21,23,25). The van der Waals surface area contributed by atoms with Crippen molar-refractivity contribution in [3.05, 3.63) is 35.6 Å². The summed E-state index contributed by atoms with van der Waals surface area (Å²) in [5.41, 5.74) is 5.58. The molecule has 0 aromatic heterocycles. The molecule has 1 aromatic carbocycles. The van der Waals surface area contributed by atoms with Crippen molar-refractivity contribution >= 4 is 11.9 Å². The summed E-state index contributed by atoms with van der Waals surface area (Å²) in [4.78, 5) is 23.9. The molecule has 0 radical (unpaired) electrons. The monoisotopic (exact) mass is 360 g/mol. The number of amides is 3. The Bertz CT molecular complexity index is 567. The second kappa shape index (κ2) is 9.87. The minimum Gasteiger partial charge on any atom is -0.348 e. The second-order valence-corrected chi connectivity index (χ2v) is 5.57. The molecule has 0 aliphatic rings. The molecule has 3 amide bonds. The van der Waals surface area contributed by atoms with E-state index in [1.807, 2.05) is 0 Å². The molecular weight excluding hydrogens is 337 g/mol. The normalized spacial score (nSPS) is 12.4. The lowest BCUT2D eigenvalue weighted by atomic mass is 10.1. The Morgan fingerprint density at radius 3 is 2.40 bits per heavy atom. The van der Waals surface area contributed by atoms with E-state index in [4.69, 9.17) is 5.73 Å². The number of hydrogen-bond donors (Lipinski definition) is 4. The van der Waals surface area contributed by atoms with E-state index >= 15 is 0 Å². The molecule has 0 aliphatic carbocycles. The van der Waals surface area contributed by atoms with Gasteiger partial charge in [-0.25, -0.2) is 18.0 Å². The van der Waals surface area contributed by atoms with Crippen LogP contribution >= 0.6 is 0 Å². The molecule has 1 aromatic rings. The van der Waals surface area contributed by atoms with Gasteiger partial charge in [-0.2, -0.15) is 0 Å². The van der Waals surface area contributed by atoms with Crippen molar-refractivity contribution in [3.63, 3.8) is 0 Å². The first kappa shape index (κ1) is 20.8. The molecule has 0 heterocycles. The molecule has 25 heavy (non-hydrogen) atoms. The molecular formula is C16H23F3N4O2. The quantitative estimate of drug-likeness (QED) is 0.537. The first-order valence-electron chi connectivity index (χ1n) is 7.92. The number of alkyl halides is 2. The summed E-state index contributed by atoms with van der Waals surface area (Å²) in [5.74, 6) is -4.29. The minimum absolute atomic E-state index is 0.137. The third-order valence-electron chi connectivity index (χ3n) is 3.39. The Kier molecular flexibility index (Phi) is 8.20.